The second-order valence-electron chi connectivity index (χ2n) is 4.56. The van der Waals surface area contributed by atoms with E-state index in [1.807, 2.05) is 0 Å². The van der Waals surface area contributed by atoms with Gasteiger partial charge in [0, 0.05) is 17.8 Å². The highest BCUT2D eigenvalue weighted by Crippen LogP contribution is 2.31. The van der Waals surface area contributed by atoms with Crippen LogP contribution in [0.2, 0.25) is 0 Å². The van der Waals surface area contributed by atoms with Crippen molar-refractivity contribution in [2.75, 3.05) is 12.4 Å². The van der Waals surface area contributed by atoms with Crippen molar-refractivity contribution in [2.45, 2.75) is 13.0 Å². The van der Waals surface area contributed by atoms with Crippen molar-refractivity contribution < 1.29 is 14.8 Å². The zero-order valence-corrected chi connectivity index (χ0v) is 11.7. The maximum absolute atomic E-state index is 11.0. The molecule has 2 N–H and O–H groups in total. The van der Waals surface area contributed by atoms with E-state index < -0.39 is 11.0 Å². The van der Waals surface area contributed by atoms with Gasteiger partial charge in [-0.3, -0.25) is 10.1 Å². The third-order valence-corrected chi connectivity index (χ3v) is 3.07. The second-order valence-corrected chi connectivity index (χ2v) is 4.56. The van der Waals surface area contributed by atoms with E-state index in [4.69, 9.17) is 4.74 Å². The van der Waals surface area contributed by atoms with Gasteiger partial charge in [0.2, 0.25) is 0 Å². The molecule has 2 aromatic carbocycles. The third-order valence-electron chi connectivity index (χ3n) is 3.07. The Hall–Kier alpha value is -2.60. The van der Waals surface area contributed by atoms with Gasteiger partial charge < -0.3 is 15.2 Å². The maximum atomic E-state index is 11.0. The Bertz CT molecular complexity index is 639. The first kappa shape index (κ1) is 14.8. The van der Waals surface area contributed by atoms with Gasteiger partial charge in [0.15, 0.2) is 0 Å². The van der Waals surface area contributed by atoms with Gasteiger partial charge >= 0.3 is 0 Å². The fourth-order valence-corrected chi connectivity index (χ4v) is 1.90. The van der Waals surface area contributed by atoms with Crippen LogP contribution in [0.4, 0.5) is 17.1 Å². The molecule has 0 bridgehead atoms. The number of nitrogens with one attached hydrogen (secondary N) is 1. The number of rotatable bonds is 5. The summed E-state index contributed by atoms with van der Waals surface area (Å²) in [4.78, 5) is 10.6. The highest BCUT2D eigenvalue weighted by Gasteiger charge is 2.14. The van der Waals surface area contributed by atoms with Crippen LogP contribution in [-0.4, -0.2) is 17.1 Å². The highest BCUT2D eigenvalue weighted by atomic mass is 16.6. The second kappa shape index (κ2) is 6.23. The van der Waals surface area contributed by atoms with Crippen molar-refractivity contribution in [3.8, 4) is 5.75 Å². The largest absolute Gasteiger partial charge is 0.497 e. The smallest absolute Gasteiger partial charge is 0.292 e. The number of benzene rings is 2. The Morgan fingerprint density at radius 1 is 1.24 bits per heavy atom. The summed E-state index contributed by atoms with van der Waals surface area (Å²) in [7, 11) is 1.50. The van der Waals surface area contributed by atoms with Crippen molar-refractivity contribution in [1.29, 1.82) is 0 Å². The van der Waals surface area contributed by atoms with E-state index in [0.29, 0.717) is 17.1 Å². The minimum atomic E-state index is -0.551. The Balaban J connectivity index is 2.31. The summed E-state index contributed by atoms with van der Waals surface area (Å²) >= 11 is 0. The van der Waals surface area contributed by atoms with E-state index in [1.165, 1.54) is 13.2 Å². The monoisotopic (exact) mass is 288 g/mol. The zero-order valence-electron chi connectivity index (χ0n) is 11.7. The summed E-state index contributed by atoms with van der Waals surface area (Å²) in [6.07, 6.45) is -0.551. The molecule has 0 aliphatic rings. The van der Waals surface area contributed by atoms with Gasteiger partial charge in [-0.2, -0.15) is 0 Å². The van der Waals surface area contributed by atoms with Gasteiger partial charge in [-0.1, -0.05) is 12.1 Å². The number of nitrogens with zero attached hydrogens (tertiary/aromatic N) is 1. The summed E-state index contributed by atoms with van der Waals surface area (Å²) in [5, 5.41) is 23.5. The van der Waals surface area contributed by atoms with Crippen molar-refractivity contribution in [3.63, 3.8) is 0 Å². The molecule has 6 heteroatoms. The minimum Gasteiger partial charge on any atom is -0.497 e. The van der Waals surface area contributed by atoms with Crippen molar-refractivity contribution in [1.82, 2.24) is 0 Å². The zero-order chi connectivity index (χ0) is 15.4. The lowest BCUT2D eigenvalue weighted by molar-refractivity contribution is -0.383. The molecule has 0 heterocycles. The molecule has 21 heavy (non-hydrogen) atoms. The van der Waals surface area contributed by atoms with E-state index in [9.17, 15) is 15.2 Å². The molecule has 0 aromatic heterocycles. The summed E-state index contributed by atoms with van der Waals surface area (Å²) < 4.78 is 5.08. The molecule has 2 aromatic rings. The third kappa shape index (κ3) is 3.49. The molecule has 0 saturated carbocycles. The predicted molar refractivity (Wildman–Crippen MR) is 80.0 cm³/mol. The van der Waals surface area contributed by atoms with Gasteiger partial charge in [-0.15, -0.1) is 0 Å². The van der Waals surface area contributed by atoms with Crippen LogP contribution in [0.25, 0.3) is 0 Å². The first-order chi connectivity index (χ1) is 10.0. The molecule has 0 amide bonds. The normalized spacial score (nSPS) is 11.8. The molecule has 110 valence electrons. The van der Waals surface area contributed by atoms with Crippen molar-refractivity contribution in [3.05, 3.63) is 58.1 Å². The fourth-order valence-electron chi connectivity index (χ4n) is 1.90. The van der Waals surface area contributed by atoms with Crippen LogP contribution in [-0.2, 0) is 0 Å². The predicted octanol–water partition coefficient (Wildman–Crippen LogP) is 3.40. The van der Waals surface area contributed by atoms with E-state index >= 15 is 0 Å². The fraction of sp³-hybridized carbons (Fsp3) is 0.200. The van der Waals surface area contributed by atoms with Gasteiger partial charge in [-0.25, -0.2) is 0 Å². The lowest BCUT2D eigenvalue weighted by Crippen LogP contribution is -1.98. The van der Waals surface area contributed by atoms with E-state index in [2.05, 4.69) is 5.32 Å². The number of anilines is 2. The van der Waals surface area contributed by atoms with Gasteiger partial charge in [0.05, 0.1) is 18.1 Å². The van der Waals surface area contributed by atoms with Crippen molar-refractivity contribution in [2.24, 2.45) is 0 Å². The van der Waals surface area contributed by atoms with Crippen LogP contribution in [0.15, 0.2) is 42.5 Å². The van der Waals surface area contributed by atoms with Gasteiger partial charge in [-0.05, 0) is 30.7 Å². The number of aliphatic hydroxyl groups is 1. The Kier molecular flexibility index (Phi) is 4.39. The molecule has 0 saturated heterocycles. The molecule has 1 unspecified atom stereocenters. The highest BCUT2D eigenvalue weighted by molar-refractivity contribution is 5.71. The van der Waals surface area contributed by atoms with Crippen LogP contribution in [0.5, 0.6) is 5.75 Å². The molecule has 0 fully saturated rings. The quantitative estimate of drug-likeness (QED) is 0.650. The molecule has 2 rings (SSSR count). The Labute approximate surface area is 122 Å². The lowest BCUT2D eigenvalue weighted by Gasteiger charge is -2.10. The molecular weight excluding hydrogens is 272 g/mol. The maximum Gasteiger partial charge on any atom is 0.292 e. The Morgan fingerprint density at radius 2 is 1.90 bits per heavy atom. The average molecular weight is 288 g/mol. The molecule has 0 aliphatic heterocycles. The Morgan fingerprint density at radius 3 is 2.43 bits per heavy atom. The number of ether oxygens (including phenoxy) is 1. The van der Waals surface area contributed by atoms with Gasteiger partial charge in [0.25, 0.3) is 5.69 Å². The average Bonchev–Trinajstić information content (AvgIpc) is 2.47. The van der Waals surface area contributed by atoms with E-state index in [0.717, 1.165) is 5.56 Å². The SMILES string of the molecule is COc1ccc([N+](=O)[O-])c(Nc2ccc(C(C)O)cc2)c1. The molecular formula is C15H16N2O4. The first-order valence-electron chi connectivity index (χ1n) is 6.38. The number of aliphatic hydroxyl groups excluding tert-OH is 1. The standard InChI is InChI=1S/C15H16N2O4/c1-10(18)11-3-5-12(6-4-11)16-14-9-13(21-2)7-8-15(14)17(19)20/h3-10,16,18H,1-2H3. The molecule has 1 atom stereocenters. The van der Waals surface area contributed by atoms with Crippen molar-refractivity contribution >= 4 is 17.1 Å². The lowest BCUT2D eigenvalue weighted by atomic mass is 10.1. The van der Waals surface area contributed by atoms with E-state index in [1.54, 1.807) is 43.3 Å². The number of hydrogen-bond acceptors (Lipinski definition) is 5. The van der Waals surface area contributed by atoms with Crippen LogP contribution in [0.1, 0.15) is 18.6 Å². The number of methoxy groups -OCH3 is 1. The molecule has 0 aliphatic carbocycles. The topological polar surface area (TPSA) is 84.6 Å². The van der Waals surface area contributed by atoms with Crippen LogP contribution in [0.3, 0.4) is 0 Å². The van der Waals surface area contributed by atoms with E-state index in [-0.39, 0.29) is 5.69 Å². The van der Waals surface area contributed by atoms with Gasteiger partial charge in [0.1, 0.15) is 11.4 Å². The number of nitro groups is 1. The molecule has 0 radical (unpaired) electrons. The van der Waals surface area contributed by atoms with Crippen LogP contribution in [0, 0.1) is 10.1 Å². The number of nitro benzene ring substituents is 1. The molecule has 6 nitrogen and oxygen atoms in total. The van der Waals surface area contributed by atoms with Crippen LogP contribution >= 0.6 is 0 Å². The summed E-state index contributed by atoms with van der Waals surface area (Å²) in [6, 6.07) is 11.5. The summed E-state index contributed by atoms with van der Waals surface area (Å²) in [5.41, 5.74) is 1.79. The molecule has 0 spiro atoms. The van der Waals surface area contributed by atoms with Crippen LogP contribution < -0.4 is 10.1 Å². The summed E-state index contributed by atoms with van der Waals surface area (Å²) in [5.74, 6) is 0.531. The number of hydrogen-bond donors (Lipinski definition) is 2. The minimum absolute atomic E-state index is 0.0320. The first-order valence-corrected chi connectivity index (χ1v) is 6.38. The summed E-state index contributed by atoms with van der Waals surface area (Å²) in [6.45, 7) is 1.68.